The van der Waals surface area contributed by atoms with Crippen molar-refractivity contribution in [3.05, 3.63) is 0 Å². The lowest BCUT2D eigenvalue weighted by molar-refractivity contribution is 0.392. The average molecular weight is 195 g/mol. The lowest BCUT2D eigenvalue weighted by Gasteiger charge is -2.23. The maximum atomic E-state index is 5.64. The lowest BCUT2D eigenvalue weighted by Crippen LogP contribution is -2.30. The molecule has 1 nitrogen and oxygen atoms in total. The van der Waals surface area contributed by atoms with E-state index in [1.807, 2.05) is 7.11 Å². The summed E-state index contributed by atoms with van der Waals surface area (Å²) in [5.41, 5.74) is 0. The van der Waals surface area contributed by atoms with Crippen molar-refractivity contribution in [3.63, 3.8) is 0 Å². The molecular weight excluding hydrogens is 176 g/mol. The van der Waals surface area contributed by atoms with Crippen LogP contribution in [0, 0.1) is 5.92 Å². The molecule has 0 aliphatic rings. The van der Waals surface area contributed by atoms with Gasteiger partial charge in [0.1, 0.15) is 0 Å². The molecule has 3 heteroatoms. The zero-order chi connectivity index (χ0) is 8.91. The number of hydrogen-bond acceptors (Lipinski definition) is 1. The van der Waals surface area contributed by atoms with Crippen LogP contribution in [0.2, 0.25) is 19.1 Å². The third-order valence-electron chi connectivity index (χ3n) is 1.99. The van der Waals surface area contributed by atoms with Crippen LogP contribution in [0.3, 0.4) is 0 Å². The molecule has 0 aromatic carbocycles. The van der Waals surface area contributed by atoms with Gasteiger partial charge in [-0.05, 0) is 31.5 Å². The number of hydrogen-bond donors (Lipinski definition) is 0. The normalized spacial score (nSPS) is 15.0. The SMILES string of the molecule is CO[Si](C)(C)CC(C)CCCl. The molecule has 0 heterocycles. The Balaban J connectivity index is 3.64. The van der Waals surface area contributed by atoms with Gasteiger partial charge in [0.2, 0.25) is 0 Å². The van der Waals surface area contributed by atoms with Crippen LogP contribution in [0.1, 0.15) is 13.3 Å². The number of halogens is 1. The molecule has 0 bridgehead atoms. The zero-order valence-corrected chi connectivity index (χ0v) is 9.74. The van der Waals surface area contributed by atoms with Gasteiger partial charge < -0.3 is 4.43 Å². The minimum atomic E-state index is -1.34. The Bertz CT molecular complexity index is 106. The molecule has 0 rings (SSSR count). The summed E-state index contributed by atoms with van der Waals surface area (Å²) >= 11 is 5.64. The van der Waals surface area contributed by atoms with E-state index in [1.54, 1.807) is 0 Å². The van der Waals surface area contributed by atoms with Gasteiger partial charge in [0.05, 0.1) is 0 Å². The fourth-order valence-electron chi connectivity index (χ4n) is 1.21. The summed E-state index contributed by atoms with van der Waals surface area (Å²) in [7, 11) is 0.483. The summed E-state index contributed by atoms with van der Waals surface area (Å²) in [5, 5.41) is 0. The Labute approximate surface area is 76.2 Å². The van der Waals surface area contributed by atoms with E-state index in [-0.39, 0.29) is 0 Å². The van der Waals surface area contributed by atoms with Crippen LogP contribution in [0.25, 0.3) is 0 Å². The minimum absolute atomic E-state index is 0.717. The van der Waals surface area contributed by atoms with Gasteiger partial charge in [-0.1, -0.05) is 6.92 Å². The van der Waals surface area contributed by atoms with Gasteiger partial charge in [-0.3, -0.25) is 0 Å². The van der Waals surface area contributed by atoms with Gasteiger partial charge in [-0.25, -0.2) is 0 Å². The van der Waals surface area contributed by atoms with Gasteiger partial charge in [-0.2, -0.15) is 0 Å². The predicted octanol–water partition coefficient (Wildman–Crippen LogP) is 3.10. The van der Waals surface area contributed by atoms with Crippen molar-refractivity contribution in [3.8, 4) is 0 Å². The number of alkyl halides is 1. The zero-order valence-electron chi connectivity index (χ0n) is 7.98. The second-order valence-electron chi connectivity index (χ2n) is 3.75. The Morgan fingerprint density at radius 3 is 2.36 bits per heavy atom. The van der Waals surface area contributed by atoms with Crippen molar-refractivity contribution in [2.75, 3.05) is 13.0 Å². The molecule has 0 fully saturated rings. The summed E-state index contributed by atoms with van der Waals surface area (Å²) in [6.07, 6.45) is 1.11. The van der Waals surface area contributed by atoms with E-state index in [0.29, 0.717) is 5.92 Å². The Morgan fingerprint density at radius 2 is 2.00 bits per heavy atom. The first-order valence-electron chi connectivity index (χ1n) is 4.13. The second-order valence-corrected chi connectivity index (χ2v) is 8.46. The standard InChI is InChI=1S/C8H19ClOSi/c1-8(5-6-9)7-11(3,4)10-2/h8H,5-7H2,1-4H3. The molecule has 11 heavy (non-hydrogen) atoms. The van der Waals surface area contributed by atoms with Crippen molar-refractivity contribution < 1.29 is 4.43 Å². The number of rotatable bonds is 5. The molecule has 0 aromatic rings. The lowest BCUT2D eigenvalue weighted by atomic mass is 10.2. The van der Waals surface area contributed by atoms with E-state index in [4.69, 9.17) is 16.0 Å². The first kappa shape index (κ1) is 11.5. The quantitative estimate of drug-likeness (QED) is 0.483. The monoisotopic (exact) mass is 194 g/mol. The van der Waals surface area contributed by atoms with Gasteiger partial charge in [0.25, 0.3) is 0 Å². The molecule has 0 N–H and O–H groups in total. The first-order chi connectivity index (χ1) is 5.02. The molecule has 0 spiro atoms. The fourth-order valence-corrected chi connectivity index (χ4v) is 3.63. The van der Waals surface area contributed by atoms with E-state index in [1.165, 1.54) is 6.04 Å². The molecular formula is C8H19ClOSi. The summed E-state index contributed by atoms with van der Waals surface area (Å²) in [6.45, 7) is 6.74. The van der Waals surface area contributed by atoms with Crippen LogP contribution in [-0.2, 0) is 4.43 Å². The van der Waals surface area contributed by atoms with Gasteiger partial charge in [0, 0.05) is 13.0 Å². The third kappa shape index (κ3) is 5.71. The predicted molar refractivity (Wildman–Crippen MR) is 53.8 cm³/mol. The Morgan fingerprint density at radius 1 is 1.45 bits per heavy atom. The van der Waals surface area contributed by atoms with Crippen LogP contribution in [0.4, 0.5) is 0 Å². The molecule has 0 aromatic heterocycles. The second kappa shape index (κ2) is 5.17. The minimum Gasteiger partial charge on any atom is -0.420 e. The highest BCUT2D eigenvalue weighted by Crippen LogP contribution is 2.19. The van der Waals surface area contributed by atoms with Crippen molar-refractivity contribution in [2.45, 2.75) is 32.5 Å². The van der Waals surface area contributed by atoms with E-state index >= 15 is 0 Å². The van der Waals surface area contributed by atoms with E-state index in [2.05, 4.69) is 20.0 Å². The molecule has 68 valence electrons. The topological polar surface area (TPSA) is 9.23 Å². The maximum absolute atomic E-state index is 5.64. The summed E-state index contributed by atoms with van der Waals surface area (Å²) in [6, 6.07) is 1.22. The van der Waals surface area contributed by atoms with Crippen LogP contribution in [0.5, 0.6) is 0 Å². The largest absolute Gasteiger partial charge is 0.420 e. The molecule has 0 aliphatic heterocycles. The van der Waals surface area contributed by atoms with Crippen LogP contribution >= 0.6 is 11.6 Å². The summed E-state index contributed by atoms with van der Waals surface area (Å²) in [4.78, 5) is 0. The first-order valence-corrected chi connectivity index (χ1v) is 7.78. The Kier molecular flexibility index (Phi) is 5.39. The summed E-state index contributed by atoms with van der Waals surface area (Å²) < 4.78 is 5.45. The van der Waals surface area contributed by atoms with Gasteiger partial charge in [0.15, 0.2) is 8.32 Å². The molecule has 1 unspecified atom stereocenters. The highest BCUT2D eigenvalue weighted by atomic mass is 35.5. The van der Waals surface area contributed by atoms with Crippen LogP contribution < -0.4 is 0 Å². The van der Waals surface area contributed by atoms with Crippen LogP contribution in [0.15, 0.2) is 0 Å². The highest BCUT2D eigenvalue weighted by Gasteiger charge is 2.22. The summed E-state index contributed by atoms with van der Waals surface area (Å²) in [5.74, 6) is 1.49. The average Bonchev–Trinajstić information content (AvgIpc) is 1.87. The van der Waals surface area contributed by atoms with Crippen molar-refractivity contribution in [1.29, 1.82) is 0 Å². The molecule has 0 aliphatic carbocycles. The van der Waals surface area contributed by atoms with E-state index < -0.39 is 8.32 Å². The van der Waals surface area contributed by atoms with E-state index in [9.17, 15) is 0 Å². The van der Waals surface area contributed by atoms with Gasteiger partial charge >= 0.3 is 0 Å². The van der Waals surface area contributed by atoms with Crippen molar-refractivity contribution >= 4 is 19.9 Å². The van der Waals surface area contributed by atoms with Crippen LogP contribution in [-0.4, -0.2) is 21.3 Å². The molecule has 0 saturated carbocycles. The van der Waals surface area contributed by atoms with Crippen molar-refractivity contribution in [2.24, 2.45) is 5.92 Å². The third-order valence-corrected chi connectivity index (χ3v) is 5.00. The molecule has 1 atom stereocenters. The molecule has 0 saturated heterocycles. The smallest absolute Gasteiger partial charge is 0.186 e. The molecule has 0 radical (unpaired) electrons. The van der Waals surface area contributed by atoms with Crippen molar-refractivity contribution in [1.82, 2.24) is 0 Å². The van der Waals surface area contributed by atoms with Gasteiger partial charge in [-0.15, -0.1) is 11.6 Å². The van der Waals surface area contributed by atoms with E-state index in [0.717, 1.165) is 12.3 Å². The maximum Gasteiger partial charge on any atom is 0.186 e. The fraction of sp³-hybridized carbons (Fsp3) is 1.00. The Hall–Kier alpha value is 0.467. The molecule has 0 amide bonds. The highest BCUT2D eigenvalue weighted by molar-refractivity contribution is 6.71.